The van der Waals surface area contributed by atoms with Crippen molar-refractivity contribution in [1.29, 1.82) is 0 Å². The van der Waals surface area contributed by atoms with Crippen LogP contribution in [0.1, 0.15) is 46.0 Å². The molecule has 1 saturated carbocycles. The maximum Gasteiger partial charge on any atom is 0.0524 e. The predicted molar refractivity (Wildman–Crippen MR) is 54.7 cm³/mol. The molecular weight excluding hydrogens is 160 g/mol. The van der Waals surface area contributed by atoms with Crippen molar-refractivity contribution in [1.82, 2.24) is 0 Å². The Labute approximate surface area is 81.9 Å². The highest BCUT2D eigenvalue weighted by molar-refractivity contribution is 4.90. The largest absolute Gasteiger partial charge is 0.381 e. The Bertz CT molecular complexity index is 168. The van der Waals surface area contributed by atoms with Gasteiger partial charge in [-0.25, -0.2) is 0 Å². The third-order valence-electron chi connectivity index (χ3n) is 4.40. The van der Waals surface area contributed by atoms with Crippen LogP contribution >= 0.6 is 0 Å². The monoisotopic (exact) mass is 182 g/mol. The zero-order valence-corrected chi connectivity index (χ0v) is 9.01. The van der Waals surface area contributed by atoms with E-state index in [-0.39, 0.29) is 0 Å². The van der Waals surface area contributed by atoms with E-state index >= 15 is 0 Å². The molecule has 1 spiro atoms. The van der Waals surface area contributed by atoms with E-state index in [4.69, 9.17) is 4.74 Å². The van der Waals surface area contributed by atoms with Crippen LogP contribution in [0.3, 0.4) is 0 Å². The maximum absolute atomic E-state index is 5.67. The minimum Gasteiger partial charge on any atom is -0.381 e. The lowest BCUT2D eigenvalue weighted by Crippen LogP contribution is -2.41. The summed E-state index contributed by atoms with van der Waals surface area (Å²) in [5.41, 5.74) is 0.574. The van der Waals surface area contributed by atoms with Gasteiger partial charge >= 0.3 is 0 Å². The van der Waals surface area contributed by atoms with Gasteiger partial charge in [-0.15, -0.1) is 0 Å². The van der Waals surface area contributed by atoms with Gasteiger partial charge in [0.05, 0.1) is 6.61 Å². The van der Waals surface area contributed by atoms with Crippen molar-refractivity contribution in [3.05, 3.63) is 0 Å². The highest BCUT2D eigenvalue weighted by atomic mass is 16.5. The Morgan fingerprint density at radius 2 is 1.77 bits per heavy atom. The quantitative estimate of drug-likeness (QED) is 0.559. The number of ether oxygens (including phenoxy) is 1. The Balaban J connectivity index is 2.01. The Hall–Kier alpha value is -0.0400. The number of rotatable bonds is 0. The minimum absolute atomic E-state index is 0.574. The van der Waals surface area contributed by atoms with Crippen molar-refractivity contribution in [3.8, 4) is 0 Å². The molecule has 2 rings (SSSR count). The lowest BCUT2D eigenvalue weighted by atomic mass is 9.63. The SMILES string of the molecule is CC1CCC2(CC1)COCC[C@@H]2C. The molecule has 1 heteroatoms. The van der Waals surface area contributed by atoms with Crippen LogP contribution in [0.25, 0.3) is 0 Å². The molecule has 0 bridgehead atoms. The van der Waals surface area contributed by atoms with Gasteiger partial charge in [-0.3, -0.25) is 0 Å². The summed E-state index contributed by atoms with van der Waals surface area (Å²) in [6, 6.07) is 0. The summed E-state index contributed by atoms with van der Waals surface area (Å²) >= 11 is 0. The van der Waals surface area contributed by atoms with Gasteiger partial charge in [0.2, 0.25) is 0 Å². The van der Waals surface area contributed by atoms with Gasteiger partial charge in [0.25, 0.3) is 0 Å². The molecule has 1 saturated heterocycles. The van der Waals surface area contributed by atoms with Crippen molar-refractivity contribution < 1.29 is 4.74 Å². The van der Waals surface area contributed by atoms with Gasteiger partial charge in [0, 0.05) is 6.61 Å². The molecule has 0 amide bonds. The molecular formula is C12H22O. The molecule has 0 aromatic carbocycles. The topological polar surface area (TPSA) is 9.23 Å². The van der Waals surface area contributed by atoms with Crippen molar-refractivity contribution in [2.24, 2.45) is 17.3 Å². The van der Waals surface area contributed by atoms with Gasteiger partial charge in [0.15, 0.2) is 0 Å². The molecule has 1 aliphatic carbocycles. The summed E-state index contributed by atoms with van der Waals surface area (Å²) in [5.74, 6) is 1.86. The summed E-state index contributed by atoms with van der Waals surface area (Å²) < 4.78 is 5.67. The van der Waals surface area contributed by atoms with Crippen LogP contribution in [0.5, 0.6) is 0 Å². The molecule has 0 N–H and O–H groups in total. The minimum atomic E-state index is 0.574. The smallest absolute Gasteiger partial charge is 0.0524 e. The molecule has 1 nitrogen and oxygen atoms in total. The van der Waals surface area contributed by atoms with E-state index in [0.29, 0.717) is 5.41 Å². The standard InChI is InChI=1S/C12H22O/c1-10-3-6-12(7-4-10)9-13-8-5-11(12)2/h10-11H,3-9H2,1-2H3/t10?,11-,12?/m0/s1. The molecule has 0 unspecified atom stereocenters. The fraction of sp³-hybridized carbons (Fsp3) is 1.00. The molecule has 1 atom stereocenters. The Morgan fingerprint density at radius 3 is 2.38 bits per heavy atom. The molecule has 2 aliphatic rings. The van der Waals surface area contributed by atoms with Crippen LogP contribution in [0.4, 0.5) is 0 Å². The molecule has 0 aromatic rings. The molecule has 1 heterocycles. The summed E-state index contributed by atoms with van der Waals surface area (Å²) in [6.07, 6.45) is 6.96. The highest BCUT2D eigenvalue weighted by Gasteiger charge is 2.40. The first-order chi connectivity index (χ1) is 6.23. The van der Waals surface area contributed by atoms with Crippen LogP contribution in [0.15, 0.2) is 0 Å². The second kappa shape index (κ2) is 3.61. The molecule has 1 aliphatic heterocycles. The second-order valence-electron chi connectivity index (χ2n) is 5.29. The van der Waals surface area contributed by atoms with Crippen LogP contribution in [-0.4, -0.2) is 13.2 Å². The highest BCUT2D eigenvalue weighted by Crippen LogP contribution is 2.47. The third kappa shape index (κ3) is 1.76. The van der Waals surface area contributed by atoms with Gasteiger partial charge < -0.3 is 4.74 Å². The van der Waals surface area contributed by atoms with Crippen molar-refractivity contribution in [3.63, 3.8) is 0 Å². The van der Waals surface area contributed by atoms with Crippen LogP contribution in [-0.2, 0) is 4.74 Å². The first kappa shape index (κ1) is 9.51. The van der Waals surface area contributed by atoms with Gasteiger partial charge in [-0.05, 0) is 36.5 Å². The maximum atomic E-state index is 5.67. The van der Waals surface area contributed by atoms with E-state index in [1.54, 1.807) is 0 Å². The fourth-order valence-electron chi connectivity index (χ4n) is 2.96. The third-order valence-corrected chi connectivity index (χ3v) is 4.40. The Morgan fingerprint density at radius 1 is 1.08 bits per heavy atom. The molecule has 76 valence electrons. The molecule has 0 radical (unpaired) electrons. The van der Waals surface area contributed by atoms with Gasteiger partial charge in [-0.1, -0.05) is 26.7 Å². The van der Waals surface area contributed by atoms with E-state index in [0.717, 1.165) is 25.0 Å². The average molecular weight is 182 g/mol. The van der Waals surface area contributed by atoms with E-state index in [2.05, 4.69) is 13.8 Å². The average Bonchev–Trinajstić information content (AvgIpc) is 2.15. The van der Waals surface area contributed by atoms with E-state index in [1.165, 1.54) is 32.1 Å². The first-order valence-corrected chi connectivity index (χ1v) is 5.81. The lowest BCUT2D eigenvalue weighted by molar-refractivity contribution is -0.0716. The fourth-order valence-corrected chi connectivity index (χ4v) is 2.96. The molecule has 13 heavy (non-hydrogen) atoms. The van der Waals surface area contributed by atoms with Crippen molar-refractivity contribution >= 4 is 0 Å². The number of hydrogen-bond acceptors (Lipinski definition) is 1. The summed E-state index contributed by atoms with van der Waals surface area (Å²) in [4.78, 5) is 0. The lowest BCUT2D eigenvalue weighted by Gasteiger charge is -2.46. The summed E-state index contributed by atoms with van der Waals surface area (Å²) in [6.45, 7) is 6.86. The Kier molecular flexibility index (Phi) is 2.64. The summed E-state index contributed by atoms with van der Waals surface area (Å²) in [5, 5.41) is 0. The second-order valence-corrected chi connectivity index (χ2v) is 5.29. The zero-order chi connectivity index (χ0) is 9.31. The van der Waals surface area contributed by atoms with Gasteiger partial charge in [-0.2, -0.15) is 0 Å². The van der Waals surface area contributed by atoms with E-state index < -0.39 is 0 Å². The first-order valence-electron chi connectivity index (χ1n) is 5.81. The number of hydrogen-bond donors (Lipinski definition) is 0. The van der Waals surface area contributed by atoms with Crippen molar-refractivity contribution in [2.45, 2.75) is 46.0 Å². The van der Waals surface area contributed by atoms with E-state index in [9.17, 15) is 0 Å². The normalized spacial score (nSPS) is 46.6. The molecule has 2 fully saturated rings. The predicted octanol–water partition coefficient (Wildman–Crippen LogP) is 3.24. The van der Waals surface area contributed by atoms with E-state index in [1.807, 2.05) is 0 Å². The zero-order valence-electron chi connectivity index (χ0n) is 9.01. The van der Waals surface area contributed by atoms with Crippen LogP contribution < -0.4 is 0 Å². The van der Waals surface area contributed by atoms with Crippen LogP contribution in [0, 0.1) is 17.3 Å². The van der Waals surface area contributed by atoms with Crippen LogP contribution in [0.2, 0.25) is 0 Å². The van der Waals surface area contributed by atoms with Gasteiger partial charge in [0.1, 0.15) is 0 Å². The summed E-state index contributed by atoms with van der Waals surface area (Å²) in [7, 11) is 0. The van der Waals surface area contributed by atoms with Crippen molar-refractivity contribution in [2.75, 3.05) is 13.2 Å². The molecule has 0 aromatic heterocycles.